The maximum absolute atomic E-state index is 13.8. The number of ketones is 1. The highest BCUT2D eigenvalue weighted by Gasteiger charge is 2.43. The topological polar surface area (TPSA) is 73.9 Å². The van der Waals surface area contributed by atoms with E-state index in [0.717, 1.165) is 36.7 Å². The number of benzene rings is 4. The minimum atomic E-state index is -0.640. The fourth-order valence-electron chi connectivity index (χ4n) is 5.77. The number of esters is 1. The second-order valence-electron chi connectivity index (χ2n) is 9.94. The molecule has 4 aromatic carbocycles. The number of hydrogen-bond acceptors (Lipinski definition) is 6. The largest absolute Gasteiger partial charge is 0.490 e. The number of fused-ring (bicyclic) bond motifs is 3. The molecule has 1 heterocycles. The average Bonchev–Trinajstić information content (AvgIpc) is 3.26. The summed E-state index contributed by atoms with van der Waals surface area (Å²) in [6, 6.07) is 25.8. The van der Waals surface area contributed by atoms with Gasteiger partial charge in [0.25, 0.3) is 0 Å². The molecule has 0 saturated carbocycles. The Balaban J connectivity index is 1.44. The van der Waals surface area contributed by atoms with Crippen molar-refractivity contribution in [3.05, 3.63) is 122 Å². The van der Waals surface area contributed by atoms with Gasteiger partial charge in [-0.2, -0.15) is 0 Å². The van der Waals surface area contributed by atoms with Crippen LogP contribution < -0.4 is 14.8 Å². The minimum Gasteiger partial charge on any atom is -0.490 e. The molecule has 2 aliphatic rings. The highest BCUT2D eigenvalue weighted by Crippen LogP contribution is 2.49. The van der Waals surface area contributed by atoms with Crippen molar-refractivity contribution in [1.29, 1.82) is 0 Å². The SMILES string of the molecule is CCOc1cc([C@@H]2C(C(=O)OC)=C(C)NC3=C2C(=O)c2ccccc23)cc(I)c1OCc1cccc2ccccc12. The first-order chi connectivity index (χ1) is 19.9. The van der Waals surface area contributed by atoms with E-state index in [2.05, 4.69) is 52.2 Å². The lowest BCUT2D eigenvalue weighted by atomic mass is 9.79. The maximum atomic E-state index is 13.8. The van der Waals surface area contributed by atoms with Crippen LogP contribution in [0.4, 0.5) is 0 Å². The first-order valence-electron chi connectivity index (χ1n) is 13.4. The van der Waals surface area contributed by atoms with E-state index in [0.29, 0.717) is 47.1 Å². The van der Waals surface area contributed by atoms with Gasteiger partial charge in [-0.25, -0.2) is 4.79 Å². The van der Waals surface area contributed by atoms with Gasteiger partial charge in [0.1, 0.15) is 6.61 Å². The molecule has 1 atom stereocenters. The van der Waals surface area contributed by atoms with Gasteiger partial charge in [0.2, 0.25) is 0 Å². The van der Waals surface area contributed by atoms with Crippen molar-refractivity contribution in [2.24, 2.45) is 0 Å². The summed E-state index contributed by atoms with van der Waals surface area (Å²) in [6.07, 6.45) is 0. The van der Waals surface area contributed by atoms with Crippen molar-refractivity contribution in [2.45, 2.75) is 26.4 Å². The molecule has 0 spiro atoms. The van der Waals surface area contributed by atoms with Gasteiger partial charge < -0.3 is 19.5 Å². The number of carbonyl (C=O) groups excluding carboxylic acids is 2. The molecule has 1 aliphatic carbocycles. The van der Waals surface area contributed by atoms with E-state index >= 15 is 0 Å². The fourth-order valence-corrected chi connectivity index (χ4v) is 6.55. The Morgan fingerprint density at radius 3 is 2.46 bits per heavy atom. The van der Waals surface area contributed by atoms with Crippen LogP contribution >= 0.6 is 22.6 Å². The third-order valence-corrected chi connectivity index (χ3v) is 8.37. The maximum Gasteiger partial charge on any atom is 0.336 e. The molecule has 6 rings (SSSR count). The predicted molar refractivity (Wildman–Crippen MR) is 167 cm³/mol. The highest BCUT2D eigenvalue weighted by molar-refractivity contribution is 14.1. The zero-order valence-electron chi connectivity index (χ0n) is 22.9. The summed E-state index contributed by atoms with van der Waals surface area (Å²) in [4.78, 5) is 26.9. The van der Waals surface area contributed by atoms with Crippen molar-refractivity contribution in [3.8, 4) is 11.5 Å². The zero-order chi connectivity index (χ0) is 28.7. The highest BCUT2D eigenvalue weighted by atomic mass is 127. The molecular formula is C34H28INO5. The standard InChI is InChI=1S/C34H28INO5/c1-4-40-27-17-22(16-26(35)33(27)41-18-21-12-9-11-20-10-5-6-13-23(20)21)29-28(34(38)39-3)19(2)36-31-24-14-7-8-15-25(24)32(37)30(29)31/h5-17,29,36H,4,18H2,1-3H3/t29-/m1/s1. The number of carbonyl (C=O) groups is 2. The Kier molecular flexibility index (Phi) is 7.30. The lowest BCUT2D eigenvalue weighted by Crippen LogP contribution is -2.29. The number of dihydropyridines is 1. The lowest BCUT2D eigenvalue weighted by molar-refractivity contribution is -0.136. The van der Waals surface area contributed by atoms with E-state index in [4.69, 9.17) is 14.2 Å². The fraction of sp³-hybridized carbons (Fsp3) is 0.176. The van der Waals surface area contributed by atoms with Gasteiger partial charge in [-0.05, 0) is 70.5 Å². The van der Waals surface area contributed by atoms with Gasteiger partial charge >= 0.3 is 5.97 Å². The van der Waals surface area contributed by atoms with Crippen molar-refractivity contribution < 1.29 is 23.8 Å². The number of ether oxygens (including phenoxy) is 3. The second-order valence-corrected chi connectivity index (χ2v) is 11.1. The normalized spacial score (nSPS) is 15.9. The van der Waals surface area contributed by atoms with E-state index in [1.165, 1.54) is 7.11 Å². The van der Waals surface area contributed by atoms with Gasteiger partial charge in [-0.15, -0.1) is 0 Å². The van der Waals surface area contributed by atoms with Crippen molar-refractivity contribution in [2.75, 3.05) is 13.7 Å². The molecule has 0 fully saturated rings. The summed E-state index contributed by atoms with van der Waals surface area (Å²) in [5, 5.41) is 5.62. The molecule has 206 valence electrons. The van der Waals surface area contributed by atoms with E-state index < -0.39 is 11.9 Å². The van der Waals surface area contributed by atoms with Crippen LogP contribution in [0.2, 0.25) is 0 Å². The Hall–Kier alpha value is -4.11. The average molecular weight is 658 g/mol. The summed E-state index contributed by atoms with van der Waals surface area (Å²) in [6.45, 7) is 4.54. The van der Waals surface area contributed by atoms with Crippen LogP contribution in [-0.2, 0) is 16.1 Å². The van der Waals surface area contributed by atoms with Gasteiger partial charge in [0.15, 0.2) is 17.3 Å². The van der Waals surface area contributed by atoms with E-state index in [9.17, 15) is 9.59 Å². The Morgan fingerprint density at radius 1 is 0.951 bits per heavy atom. The summed E-state index contributed by atoms with van der Waals surface area (Å²) < 4.78 is 18.5. The van der Waals surface area contributed by atoms with Crippen LogP contribution in [0.5, 0.6) is 11.5 Å². The summed E-state index contributed by atoms with van der Waals surface area (Å²) >= 11 is 2.24. The van der Waals surface area contributed by atoms with Gasteiger partial charge in [0.05, 0.1) is 28.6 Å². The molecular weight excluding hydrogens is 629 g/mol. The molecule has 0 saturated heterocycles. The molecule has 41 heavy (non-hydrogen) atoms. The molecule has 1 N–H and O–H groups in total. The Bertz CT molecular complexity index is 1780. The van der Waals surface area contributed by atoms with Crippen LogP contribution in [0.3, 0.4) is 0 Å². The second kappa shape index (κ2) is 11.0. The van der Waals surface area contributed by atoms with Gasteiger partial charge in [-0.3, -0.25) is 4.79 Å². The third-order valence-electron chi connectivity index (χ3n) is 7.57. The molecule has 7 heteroatoms. The predicted octanol–water partition coefficient (Wildman–Crippen LogP) is 7.16. The number of allylic oxidation sites excluding steroid dienone is 2. The van der Waals surface area contributed by atoms with Crippen LogP contribution in [0.15, 0.2) is 95.7 Å². The summed E-state index contributed by atoms with van der Waals surface area (Å²) in [5.74, 6) is -0.0574. The van der Waals surface area contributed by atoms with Crippen LogP contribution in [0, 0.1) is 3.57 Å². The van der Waals surface area contributed by atoms with Crippen molar-refractivity contribution in [1.82, 2.24) is 5.32 Å². The quantitative estimate of drug-likeness (QED) is 0.168. The molecule has 0 aromatic heterocycles. The van der Waals surface area contributed by atoms with E-state index in [1.807, 2.05) is 68.4 Å². The van der Waals surface area contributed by atoms with Crippen LogP contribution in [0.25, 0.3) is 16.5 Å². The molecule has 4 aromatic rings. The monoisotopic (exact) mass is 657 g/mol. The minimum absolute atomic E-state index is 0.105. The smallest absolute Gasteiger partial charge is 0.336 e. The van der Waals surface area contributed by atoms with Crippen molar-refractivity contribution in [3.63, 3.8) is 0 Å². The Labute approximate surface area is 252 Å². The number of methoxy groups -OCH3 is 1. The molecule has 6 nitrogen and oxygen atoms in total. The molecule has 0 bridgehead atoms. The van der Waals surface area contributed by atoms with Gasteiger partial charge in [0, 0.05) is 28.3 Å². The molecule has 0 radical (unpaired) electrons. The van der Waals surface area contributed by atoms with Crippen LogP contribution in [-0.4, -0.2) is 25.5 Å². The number of rotatable bonds is 7. The first-order valence-corrected chi connectivity index (χ1v) is 14.5. The molecule has 0 amide bonds. The molecule has 0 unspecified atom stereocenters. The molecule has 1 aliphatic heterocycles. The summed E-state index contributed by atoms with van der Waals surface area (Å²) in [7, 11) is 1.36. The third kappa shape index (κ3) is 4.68. The summed E-state index contributed by atoms with van der Waals surface area (Å²) in [5.41, 5.74) is 5.57. The van der Waals surface area contributed by atoms with Crippen molar-refractivity contribution >= 4 is 50.8 Å². The van der Waals surface area contributed by atoms with Gasteiger partial charge in [-0.1, -0.05) is 66.7 Å². The lowest BCUT2D eigenvalue weighted by Gasteiger charge is -2.29. The van der Waals surface area contributed by atoms with E-state index in [1.54, 1.807) is 0 Å². The Morgan fingerprint density at radius 2 is 1.68 bits per heavy atom. The first kappa shape index (κ1) is 27.1. The van der Waals surface area contributed by atoms with Crippen LogP contribution in [0.1, 0.15) is 46.8 Å². The number of nitrogens with one attached hydrogen (secondary N) is 1. The van der Waals surface area contributed by atoms with E-state index in [-0.39, 0.29) is 5.78 Å². The zero-order valence-corrected chi connectivity index (χ0v) is 25.1. The number of hydrogen-bond donors (Lipinski definition) is 1. The number of Topliss-reactive ketones (excluding diaryl/α,β-unsaturated/α-hetero) is 1. The number of halogens is 1.